The lowest BCUT2D eigenvalue weighted by molar-refractivity contribution is 0.409. The van der Waals surface area contributed by atoms with Crippen molar-refractivity contribution in [1.82, 2.24) is 4.98 Å². The largest absolute Gasteiger partial charge is 0.261 e. The fourth-order valence-electron chi connectivity index (χ4n) is 2.34. The quantitative estimate of drug-likeness (QED) is 0.546. The van der Waals surface area contributed by atoms with Crippen LogP contribution in [0.3, 0.4) is 0 Å². The highest BCUT2D eigenvalue weighted by molar-refractivity contribution is 5.04. The van der Waals surface area contributed by atoms with Gasteiger partial charge in [0.15, 0.2) is 0 Å². The van der Waals surface area contributed by atoms with Crippen molar-refractivity contribution >= 4 is 0 Å². The summed E-state index contributed by atoms with van der Waals surface area (Å²) in [5.74, 6) is 0.844. The molecule has 0 fully saturated rings. The molecule has 1 aromatic heterocycles. The molecular weight excluding hydrogens is 206 g/mol. The highest BCUT2D eigenvalue weighted by Gasteiger charge is 2.09. The Labute approximate surface area is 107 Å². The van der Waals surface area contributed by atoms with Gasteiger partial charge >= 0.3 is 0 Å². The molecule has 1 rings (SSSR count). The second-order valence-electron chi connectivity index (χ2n) is 5.03. The summed E-state index contributed by atoms with van der Waals surface area (Å²) in [7, 11) is 0. The monoisotopic (exact) mass is 233 g/mol. The topological polar surface area (TPSA) is 12.9 Å². The van der Waals surface area contributed by atoms with Crippen LogP contribution in [0.5, 0.6) is 0 Å². The predicted octanol–water partition coefficient (Wildman–Crippen LogP) is 5.01. The van der Waals surface area contributed by atoms with Crippen molar-refractivity contribution in [2.75, 3.05) is 0 Å². The molecule has 1 unspecified atom stereocenters. The van der Waals surface area contributed by atoms with Crippen LogP contribution >= 0.6 is 0 Å². The molecule has 0 bridgehead atoms. The third-order valence-electron chi connectivity index (χ3n) is 3.41. The zero-order valence-corrected chi connectivity index (χ0v) is 11.5. The maximum absolute atomic E-state index is 4.45. The maximum atomic E-state index is 4.45. The molecule has 1 atom stereocenters. The summed E-state index contributed by atoms with van der Waals surface area (Å²) in [5.41, 5.74) is 1.27. The van der Waals surface area contributed by atoms with Gasteiger partial charge in [-0.1, -0.05) is 64.9 Å². The van der Waals surface area contributed by atoms with E-state index >= 15 is 0 Å². The van der Waals surface area contributed by atoms with E-state index in [4.69, 9.17) is 0 Å². The molecule has 0 radical (unpaired) electrons. The summed E-state index contributed by atoms with van der Waals surface area (Å²) >= 11 is 0. The Bertz CT molecular complexity index is 268. The van der Waals surface area contributed by atoms with Gasteiger partial charge in [0, 0.05) is 11.9 Å². The summed E-state index contributed by atoms with van der Waals surface area (Å²) in [4.78, 5) is 4.45. The lowest BCUT2D eigenvalue weighted by Gasteiger charge is -2.16. The number of aromatic nitrogens is 1. The van der Waals surface area contributed by atoms with Crippen molar-refractivity contribution in [3.63, 3.8) is 0 Å². The van der Waals surface area contributed by atoms with Crippen LogP contribution < -0.4 is 0 Å². The molecular formula is C16H27N. The fourth-order valence-corrected chi connectivity index (χ4v) is 2.34. The molecule has 0 aromatic carbocycles. The first-order valence-corrected chi connectivity index (χ1v) is 7.26. The summed E-state index contributed by atoms with van der Waals surface area (Å²) in [5, 5.41) is 0. The van der Waals surface area contributed by atoms with Gasteiger partial charge in [-0.05, 0) is 24.5 Å². The van der Waals surface area contributed by atoms with Gasteiger partial charge in [-0.15, -0.1) is 0 Å². The smallest absolute Gasteiger partial charge is 0.0406 e. The number of rotatable bonds is 9. The third kappa shape index (κ3) is 6.45. The van der Waals surface area contributed by atoms with E-state index in [1.54, 1.807) is 0 Å². The molecule has 1 aromatic rings. The molecule has 0 spiro atoms. The summed E-state index contributed by atoms with van der Waals surface area (Å²) < 4.78 is 0. The Morgan fingerprint density at radius 3 is 2.41 bits per heavy atom. The van der Waals surface area contributed by atoms with Crippen LogP contribution in [0.2, 0.25) is 0 Å². The van der Waals surface area contributed by atoms with Crippen molar-refractivity contribution in [3.8, 4) is 0 Å². The second-order valence-corrected chi connectivity index (χ2v) is 5.03. The maximum Gasteiger partial charge on any atom is 0.0406 e. The van der Waals surface area contributed by atoms with Gasteiger partial charge in [0.05, 0.1) is 0 Å². The zero-order chi connectivity index (χ0) is 12.3. The Hall–Kier alpha value is -0.850. The van der Waals surface area contributed by atoms with Crippen molar-refractivity contribution < 1.29 is 0 Å². The second kappa shape index (κ2) is 9.21. The van der Waals surface area contributed by atoms with Crippen LogP contribution in [-0.2, 0) is 6.42 Å². The Morgan fingerprint density at radius 2 is 1.76 bits per heavy atom. The van der Waals surface area contributed by atoms with E-state index in [9.17, 15) is 0 Å². The van der Waals surface area contributed by atoms with Gasteiger partial charge in [0.2, 0.25) is 0 Å². The van der Waals surface area contributed by atoms with Crippen LogP contribution in [-0.4, -0.2) is 4.98 Å². The Kier molecular flexibility index (Phi) is 7.70. The van der Waals surface area contributed by atoms with E-state index < -0.39 is 0 Å². The number of hydrogen-bond acceptors (Lipinski definition) is 1. The van der Waals surface area contributed by atoms with Crippen LogP contribution in [0.4, 0.5) is 0 Å². The standard InChI is InChI=1S/C16H27N/c1-3-5-7-11-15(10-6-4-2)14-16-12-8-9-13-17-16/h8-9,12-13,15H,3-7,10-11,14H2,1-2H3. The minimum Gasteiger partial charge on any atom is -0.261 e. The third-order valence-corrected chi connectivity index (χ3v) is 3.41. The minimum absolute atomic E-state index is 0.844. The highest BCUT2D eigenvalue weighted by atomic mass is 14.7. The van der Waals surface area contributed by atoms with Crippen LogP contribution in [0.15, 0.2) is 24.4 Å². The van der Waals surface area contributed by atoms with E-state index in [-0.39, 0.29) is 0 Å². The van der Waals surface area contributed by atoms with E-state index in [1.165, 1.54) is 57.1 Å². The molecule has 96 valence electrons. The van der Waals surface area contributed by atoms with E-state index in [0.717, 1.165) is 5.92 Å². The lowest BCUT2D eigenvalue weighted by Crippen LogP contribution is -2.06. The van der Waals surface area contributed by atoms with Gasteiger partial charge in [0.1, 0.15) is 0 Å². The van der Waals surface area contributed by atoms with Crippen LogP contribution in [0, 0.1) is 5.92 Å². The van der Waals surface area contributed by atoms with Crippen LogP contribution in [0.1, 0.15) is 64.5 Å². The van der Waals surface area contributed by atoms with Crippen molar-refractivity contribution in [2.45, 2.75) is 65.2 Å². The molecule has 1 heterocycles. The summed E-state index contributed by atoms with van der Waals surface area (Å²) in [6, 6.07) is 6.27. The molecule has 0 saturated heterocycles. The first-order chi connectivity index (χ1) is 8.36. The van der Waals surface area contributed by atoms with Crippen LogP contribution in [0.25, 0.3) is 0 Å². The average molecular weight is 233 g/mol. The van der Waals surface area contributed by atoms with Crippen molar-refractivity contribution in [1.29, 1.82) is 0 Å². The normalized spacial score (nSPS) is 12.6. The molecule has 0 aliphatic heterocycles. The Morgan fingerprint density at radius 1 is 1.00 bits per heavy atom. The molecule has 0 N–H and O–H groups in total. The van der Waals surface area contributed by atoms with Gasteiger partial charge in [-0.25, -0.2) is 0 Å². The zero-order valence-electron chi connectivity index (χ0n) is 11.5. The number of pyridine rings is 1. The lowest BCUT2D eigenvalue weighted by atomic mass is 9.91. The molecule has 17 heavy (non-hydrogen) atoms. The SMILES string of the molecule is CCCCCC(CCCC)Cc1ccccn1. The average Bonchev–Trinajstić information content (AvgIpc) is 2.37. The van der Waals surface area contributed by atoms with E-state index in [2.05, 4.69) is 31.0 Å². The number of hydrogen-bond donors (Lipinski definition) is 0. The summed E-state index contributed by atoms with van der Waals surface area (Å²) in [6.45, 7) is 4.56. The summed E-state index contributed by atoms with van der Waals surface area (Å²) in [6.07, 6.45) is 12.6. The molecule has 1 heteroatoms. The van der Waals surface area contributed by atoms with Crippen molar-refractivity contribution in [2.24, 2.45) is 5.92 Å². The van der Waals surface area contributed by atoms with E-state index in [1.807, 2.05) is 12.3 Å². The van der Waals surface area contributed by atoms with E-state index in [0.29, 0.717) is 0 Å². The van der Waals surface area contributed by atoms with Gasteiger partial charge < -0.3 is 0 Å². The number of unbranched alkanes of at least 4 members (excludes halogenated alkanes) is 3. The minimum atomic E-state index is 0.844. The first-order valence-electron chi connectivity index (χ1n) is 7.26. The molecule has 0 amide bonds. The molecule has 0 saturated carbocycles. The van der Waals surface area contributed by atoms with Crippen molar-refractivity contribution in [3.05, 3.63) is 30.1 Å². The predicted molar refractivity (Wildman–Crippen MR) is 75.1 cm³/mol. The Balaban J connectivity index is 2.39. The first kappa shape index (κ1) is 14.2. The van der Waals surface area contributed by atoms with Gasteiger partial charge in [-0.2, -0.15) is 0 Å². The number of nitrogens with zero attached hydrogens (tertiary/aromatic N) is 1. The van der Waals surface area contributed by atoms with Gasteiger partial charge in [0.25, 0.3) is 0 Å². The fraction of sp³-hybridized carbons (Fsp3) is 0.688. The molecule has 0 aliphatic rings. The highest BCUT2D eigenvalue weighted by Crippen LogP contribution is 2.20. The molecule has 0 aliphatic carbocycles. The van der Waals surface area contributed by atoms with Gasteiger partial charge in [-0.3, -0.25) is 4.98 Å². The molecule has 1 nitrogen and oxygen atoms in total.